The van der Waals surface area contributed by atoms with Gasteiger partial charge in [-0.05, 0) is 48.7 Å². The third kappa shape index (κ3) is 4.19. The molecule has 0 spiro atoms. The molecule has 0 saturated carbocycles. The smallest absolute Gasteiger partial charge is 0.261 e. The summed E-state index contributed by atoms with van der Waals surface area (Å²) in [7, 11) is 3.47. The van der Waals surface area contributed by atoms with Crippen molar-refractivity contribution in [1.82, 2.24) is 9.88 Å². The standard InChI is InChI=1S/C27H28N2O3/c1-18-8-7-9-19(2)27(18)32-17-25(30)29(3)26(20-12-14-21(31-4)15-13-20)23-16-28-24-11-6-5-10-22(23)24/h5-16,26,28H,17H2,1-4H3/t26-/m1/s1. The summed E-state index contributed by atoms with van der Waals surface area (Å²) in [5.74, 6) is 1.44. The van der Waals surface area contributed by atoms with Crippen molar-refractivity contribution in [2.24, 2.45) is 0 Å². The number of benzene rings is 3. The zero-order valence-electron chi connectivity index (χ0n) is 18.9. The lowest BCUT2D eigenvalue weighted by atomic mass is 9.96. The first-order valence-electron chi connectivity index (χ1n) is 10.6. The molecule has 1 amide bonds. The molecule has 1 N–H and O–H groups in total. The van der Waals surface area contributed by atoms with Gasteiger partial charge in [-0.25, -0.2) is 0 Å². The van der Waals surface area contributed by atoms with E-state index in [1.807, 2.05) is 87.8 Å². The number of hydrogen-bond donors (Lipinski definition) is 1. The van der Waals surface area contributed by atoms with Crippen molar-refractivity contribution in [2.75, 3.05) is 20.8 Å². The molecule has 0 saturated heterocycles. The summed E-state index contributed by atoms with van der Waals surface area (Å²) in [6, 6.07) is 21.7. The molecule has 0 aliphatic heterocycles. The number of ether oxygens (including phenoxy) is 2. The van der Waals surface area contributed by atoms with Gasteiger partial charge in [-0.2, -0.15) is 0 Å². The second kappa shape index (κ2) is 9.18. The molecule has 32 heavy (non-hydrogen) atoms. The molecule has 0 aliphatic carbocycles. The fraction of sp³-hybridized carbons (Fsp3) is 0.222. The van der Waals surface area contributed by atoms with Crippen molar-refractivity contribution in [3.05, 3.63) is 95.2 Å². The van der Waals surface area contributed by atoms with E-state index in [0.29, 0.717) is 0 Å². The summed E-state index contributed by atoms with van der Waals surface area (Å²) in [4.78, 5) is 18.4. The number of likely N-dealkylation sites (N-methyl/N-ethyl adjacent to an activating group) is 1. The topological polar surface area (TPSA) is 54.6 Å². The zero-order chi connectivity index (χ0) is 22.7. The van der Waals surface area contributed by atoms with Crippen molar-refractivity contribution in [3.63, 3.8) is 0 Å². The SMILES string of the molecule is COc1ccc([C@H](c2c[nH]c3ccccc23)N(C)C(=O)COc2c(C)cccc2C)cc1. The van der Waals surface area contributed by atoms with E-state index in [4.69, 9.17) is 9.47 Å². The van der Waals surface area contributed by atoms with Crippen LogP contribution in [-0.2, 0) is 4.79 Å². The van der Waals surface area contributed by atoms with Crippen molar-refractivity contribution < 1.29 is 14.3 Å². The highest BCUT2D eigenvalue weighted by molar-refractivity contribution is 5.86. The minimum absolute atomic E-state index is 0.0306. The van der Waals surface area contributed by atoms with Crippen LogP contribution in [0.3, 0.4) is 0 Å². The van der Waals surface area contributed by atoms with Crippen molar-refractivity contribution in [2.45, 2.75) is 19.9 Å². The third-order valence-electron chi connectivity index (χ3n) is 5.88. The van der Waals surface area contributed by atoms with Crippen molar-refractivity contribution in [3.8, 4) is 11.5 Å². The third-order valence-corrected chi connectivity index (χ3v) is 5.88. The van der Waals surface area contributed by atoms with Crippen molar-refractivity contribution in [1.29, 1.82) is 0 Å². The van der Waals surface area contributed by atoms with E-state index in [2.05, 4.69) is 11.1 Å². The van der Waals surface area contributed by atoms with Gasteiger partial charge in [-0.1, -0.05) is 48.5 Å². The Balaban J connectivity index is 1.66. The normalized spacial score (nSPS) is 11.9. The molecule has 0 unspecified atom stereocenters. The molecule has 0 bridgehead atoms. The Morgan fingerprint density at radius 2 is 1.66 bits per heavy atom. The van der Waals surface area contributed by atoms with Gasteiger partial charge in [0.25, 0.3) is 5.91 Å². The lowest BCUT2D eigenvalue weighted by Gasteiger charge is -2.29. The van der Waals surface area contributed by atoms with Gasteiger partial charge in [0.05, 0.1) is 13.2 Å². The summed E-state index contributed by atoms with van der Waals surface area (Å²) < 4.78 is 11.3. The number of aryl methyl sites for hydroxylation is 2. The minimum Gasteiger partial charge on any atom is -0.497 e. The van der Waals surface area contributed by atoms with Crippen LogP contribution in [0.5, 0.6) is 11.5 Å². The number of amides is 1. The van der Waals surface area contributed by atoms with Gasteiger partial charge >= 0.3 is 0 Å². The summed E-state index contributed by atoms with van der Waals surface area (Å²) in [6.45, 7) is 3.95. The maximum Gasteiger partial charge on any atom is 0.261 e. The van der Waals surface area contributed by atoms with Gasteiger partial charge < -0.3 is 19.4 Å². The van der Waals surface area contributed by atoms with Crippen LogP contribution in [0.2, 0.25) is 0 Å². The van der Waals surface area contributed by atoms with E-state index in [9.17, 15) is 4.79 Å². The average molecular weight is 429 g/mol. The molecule has 0 fully saturated rings. The second-order valence-electron chi connectivity index (χ2n) is 7.98. The molecule has 4 rings (SSSR count). The molecule has 1 heterocycles. The Labute approximate surface area is 188 Å². The largest absolute Gasteiger partial charge is 0.497 e. The Hall–Kier alpha value is -3.73. The van der Waals surface area contributed by atoms with Gasteiger partial charge in [-0.3, -0.25) is 4.79 Å². The van der Waals surface area contributed by atoms with E-state index in [1.54, 1.807) is 12.0 Å². The number of methoxy groups -OCH3 is 1. The predicted octanol–water partition coefficient (Wildman–Crippen LogP) is 5.42. The highest BCUT2D eigenvalue weighted by atomic mass is 16.5. The number of nitrogens with one attached hydrogen (secondary N) is 1. The summed E-state index contributed by atoms with van der Waals surface area (Å²) >= 11 is 0. The number of nitrogens with zero attached hydrogens (tertiary/aromatic N) is 1. The molecule has 4 aromatic rings. The molecule has 1 atom stereocenters. The number of H-pyrrole nitrogens is 1. The van der Waals surface area contributed by atoms with Gasteiger partial charge in [0.2, 0.25) is 0 Å². The van der Waals surface area contributed by atoms with E-state index < -0.39 is 0 Å². The van der Waals surface area contributed by atoms with Gasteiger partial charge in [-0.15, -0.1) is 0 Å². The molecule has 0 radical (unpaired) electrons. The van der Waals surface area contributed by atoms with Crippen LogP contribution in [0, 0.1) is 13.8 Å². The number of aromatic amines is 1. The number of carbonyl (C=O) groups excluding carboxylic acids is 1. The summed E-state index contributed by atoms with van der Waals surface area (Å²) in [5, 5.41) is 1.09. The Morgan fingerprint density at radius 3 is 2.34 bits per heavy atom. The molecular formula is C27H28N2O3. The first-order chi connectivity index (χ1) is 15.5. The molecule has 5 heteroatoms. The monoisotopic (exact) mass is 428 g/mol. The van der Waals surface area contributed by atoms with Crippen LogP contribution in [0.15, 0.2) is 72.9 Å². The Kier molecular flexibility index (Phi) is 6.17. The van der Waals surface area contributed by atoms with Gasteiger partial charge in [0.1, 0.15) is 11.5 Å². The number of rotatable bonds is 7. The molecule has 3 aromatic carbocycles. The fourth-order valence-corrected chi connectivity index (χ4v) is 4.12. The quantitative estimate of drug-likeness (QED) is 0.428. The first-order valence-corrected chi connectivity index (χ1v) is 10.6. The minimum atomic E-state index is -0.272. The van der Waals surface area contributed by atoms with Crippen molar-refractivity contribution >= 4 is 16.8 Å². The summed E-state index contributed by atoms with van der Waals surface area (Å²) in [6.07, 6.45) is 1.98. The average Bonchev–Trinajstić information content (AvgIpc) is 3.23. The van der Waals surface area contributed by atoms with Gasteiger partial charge in [0.15, 0.2) is 6.61 Å². The van der Waals surface area contributed by atoms with Crippen LogP contribution in [0.1, 0.15) is 28.3 Å². The molecule has 164 valence electrons. The van der Waals surface area contributed by atoms with Crippen LogP contribution >= 0.6 is 0 Å². The summed E-state index contributed by atoms with van der Waals surface area (Å²) in [5.41, 5.74) is 5.10. The highest BCUT2D eigenvalue weighted by Gasteiger charge is 2.26. The fourth-order valence-electron chi connectivity index (χ4n) is 4.12. The molecule has 0 aliphatic rings. The number of fused-ring (bicyclic) bond motifs is 1. The molecule has 1 aromatic heterocycles. The van der Waals surface area contributed by atoms with E-state index in [0.717, 1.165) is 44.7 Å². The van der Waals surface area contributed by atoms with E-state index in [1.165, 1.54) is 0 Å². The maximum absolute atomic E-state index is 13.3. The lowest BCUT2D eigenvalue weighted by Crippen LogP contribution is -2.35. The lowest BCUT2D eigenvalue weighted by molar-refractivity contribution is -0.133. The zero-order valence-corrected chi connectivity index (χ0v) is 18.9. The van der Waals surface area contributed by atoms with Gasteiger partial charge in [0, 0.05) is 29.7 Å². The van der Waals surface area contributed by atoms with Crippen LogP contribution < -0.4 is 9.47 Å². The number of para-hydroxylation sites is 2. The molecular weight excluding hydrogens is 400 g/mol. The number of hydrogen-bond acceptors (Lipinski definition) is 3. The Morgan fingerprint density at radius 1 is 0.969 bits per heavy atom. The Bertz CT molecular complexity index is 1210. The molecule has 5 nitrogen and oxygen atoms in total. The van der Waals surface area contributed by atoms with Crippen LogP contribution in [0.25, 0.3) is 10.9 Å². The maximum atomic E-state index is 13.3. The first kappa shape index (κ1) is 21.5. The van der Waals surface area contributed by atoms with Crippen LogP contribution in [-0.4, -0.2) is 36.6 Å². The van der Waals surface area contributed by atoms with E-state index >= 15 is 0 Å². The second-order valence-corrected chi connectivity index (χ2v) is 7.98. The number of carbonyl (C=O) groups is 1. The highest BCUT2D eigenvalue weighted by Crippen LogP contribution is 2.34. The van der Waals surface area contributed by atoms with Crippen LogP contribution in [0.4, 0.5) is 0 Å². The predicted molar refractivity (Wildman–Crippen MR) is 127 cm³/mol. The number of aromatic nitrogens is 1. The van der Waals surface area contributed by atoms with E-state index in [-0.39, 0.29) is 18.6 Å².